The molecule has 0 radical (unpaired) electrons. The molecule has 3 heteroatoms. The Morgan fingerprint density at radius 3 is 2.65 bits per heavy atom. The Morgan fingerprint density at radius 1 is 1.00 bits per heavy atom. The summed E-state index contributed by atoms with van der Waals surface area (Å²) in [6.45, 7) is 0.539. The zero-order valence-corrected chi connectivity index (χ0v) is 11.4. The minimum atomic E-state index is -0.160. The van der Waals surface area contributed by atoms with Crippen LogP contribution in [0.15, 0.2) is 48.5 Å². The minimum Gasteiger partial charge on any atom is -0.334 e. The molecule has 2 N–H and O–H groups in total. The predicted octanol–water partition coefficient (Wildman–Crippen LogP) is 3.50. The van der Waals surface area contributed by atoms with E-state index >= 15 is 0 Å². The highest BCUT2D eigenvalue weighted by Crippen LogP contribution is 2.24. The lowest BCUT2D eigenvalue weighted by Gasteiger charge is -2.09. The number of anilines is 1. The van der Waals surface area contributed by atoms with Crippen LogP contribution in [-0.4, -0.2) is 6.03 Å². The van der Waals surface area contributed by atoms with E-state index in [2.05, 4.69) is 22.8 Å². The Morgan fingerprint density at radius 2 is 1.80 bits per heavy atom. The molecule has 2 amide bonds. The number of nitrogens with one attached hydrogen (secondary N) is 2. The van der Waals surface area contributed by atoms with Crippen LogP contribution < -0.4 is 10.6 Å². The number of hydrogen-bond acceptors (Lipinski definition) is 1. The summed E-state index contributed by atoms with van der Waals surface area (Å²) in [5, 5.41) is 5.76. The van der Waals surface area contributed by atoms with E-state index in [0.29, 0.717) is 6.54 Å². The third-order valence-corrected chi connectivity index (χ3v) is 3.65. The summed E-state index contributed by atoms with van der Waals surface area (Å²) in [4.78, 5) is 11.9. The van der Waals surface area contributed by atoms with Crippen LogP contribution in [0.4, 0.5) is 10.5 Å². The zero-order valence-electron chi connectivity index (χ0n) is 11.4. The fourth-order valence-electron chi connectivity index (χ4n) is 2.60. The van der Waals surface area contributed by atoms with Crippen molar-refractivity contribution < 1.29 is 4.79 Å². The molecule has 3 rings (SSSR count). The molecule has 2 aromatic rings. The van der Waals surface area contributed by atoms with Crippen molar-refractivity contribution >= 4 is 11.7 Å². The minimum absolute atomic E-state index is 0.160. The molecule has 0 atom stereocenters. The molecule has 0 saturated heterocycles. The lowest BCUT2D eigenvalue weighted by atomic mass is 10.1. The van der Waals surface area contributed by atoms with E-state index in [4.69, 9.17) is 0 Å². The van der Waals surface area contributed by atoms with Crippen LogP contribution in [0.1, 0.15) is 23.1 Å². The highest BCUT2D eigenvalue weighted by atomic mass is 16.2. The number of fused-ring (bicyclic) bond motifs is 1. The van der Waals surface area contributed by atoms with E-state index in [1.807, 2.05) is 36.4 Å². The molecule has 0 saturated carbocycles. The molecule has 0 unspecified atom stereocenters. The van der Waals surface area contributed by atoms with Crippen LogP contribution in [-0.2, 0) is 19.4 Å². The lowest BCUT2D eigenvalue weighted by molar-refractivity contribution is 0.251. The summed E-state index contributed by atoms with van der Waals surface area (Å²) in [7, 11) is 0. The van der Waals surface area contributed by atoms with E-state index in [-0.39, 0.29) is 6.03 Å². The third-order valence-electron chi connectivity index (χ3n) is 3.65. The van der Waals surface area contributed by atoms with Crippen molar-refractivity contribution in [3.05, 3.63) is 65.2 Å². The first kappa shape index (κ1) is 12.7. The molecule has 0 aliphatic heterocycles. The quantitative estimate of drug-likeness (QED) is 0.877. The largest absolute Gasteiger partial charge is 0.334 e. The molecule has 0 bridgehead atoms. The molecule has 3 nitrogen and oxygen atoms in total. The van der Waals surface area contributed by atoms with Crippen molar-refractivity contribution in [3.8, 4) is 0 Å². The Hall–Kier alpha value is -2.29. The molecule has 0 aromatic heterocycles. The van der Waals surface area contributed by atoms with Gasteiger partial charge in [-0.2, -0.15) is 0 Å². The highest BCUT2D eigenvalue weighted by Gasteiger charge is 2.11. The van der Waals surface area contributed by atoms with E-state index in [1.54, 1.807) is 0 Å². The highest BCUT2D eigenvalue weighted by molar-refractivity contribution is 5.89. The maximum absolute atomic E-state index is 11.9. The molecule has 1 aliphatic rings. The maximum atomic E-state index is 11.9. The summed E-state index contributed by atoms with van der Waals surface area (Å²) in [6, 6.07) is 15.9. The molecule has 0 fully saturated rings. The molecular weight excluding hydrogens is 248 g/mol. The number of amides is 2. The van der Waals surface area contributed by atoms with Crippen LogP contribution in [0.3, 0.4) is 0 Å². The van der Waals surface area contributed by atoms with Gasteiger partial charge in [-0.3, -0.25) is 0 Å². The van der Waals surface area contributed by atoms with Crippen molar-refractivity contribution in [2.24, 2.45) is 0 Å². The van der Waals surface area contributed by atoms with Gasteiger partial charge in [0.05, 0.1) is 0 Å². The van der Waals surface area contributed by atoms with Crippen molar-refractivity contribution in [3.63, 3.8) is 0 Å². The molecule has 102 valence electrons. The van der Waals surface area contributed by atoms with Crippen LogP contribution in [0.5, 0.6) is 0 Å². The average Bonchev–Trinajstić information content (AvgIpc) is 2.94. The predicted molar refractivity (Wildman–Crippen MR) is 80.8 cm³/mol. The first-order chi connectivity index (χ1) is 9.81. The van der Waals surface area contributed by atoms with Gasteiger partial charge >= 0.3 is 6.03 Å². The van der Waals surface area contributed by atoms with E-state index in [9.17, 15) is 4.79 Å². The Labute approximate surface area is 119 Å². The van der Waals surface area contributed by atoms with Gasteiger partial charge in [0, 0.05) is 12.2 Å². The van der Waals surface area contributed by atoms with Crippen molar-refractivity contribution in [2.75, 3.05) is 5.32 Å². The van der Waals surface area contributed by atoms with Gasteiger partial charge in [-0.25, -0.2) is 4.79 Å². The summed E-state index contributed by atoms with van der Waals surface area (Å²) in [6.07, 6.45) is 3.51. The van der Waals surface area contributed by atoms with Gasteiger partial charge in [-0.05, 0) is 48.1 Å². The van der Waals surface area contributed by atoms with Gasteiger partial charge in [0.25, 0.3) is 0 Å². The number of benzene rings is 2. The molecular formula is C17H18N2O. The molecule has 0 spiro atoms. The SMILES string of the molecule is O=C(NCc1ccccc1)Nc1ccc2c(c1)CCC2. The summed E-state index contributed by atoms with van der Waals surface area (Å²) in [5.74, 6) is 0. The number of aryl methyl sites for hydroxylation is 2. The summed E-state index contributed by atoms with van der Waals surface area (Å²) in [5.41, 5.74) is 4.75. The number of carbonyl (C=O) groups excluding carboxylic acids is 1. The topological polar surface area (TPSA) is 41.1 Å². The Balaban J connectivity index is 1.56. The summed E-state index contributed by atoms with van der Waals surface area (Å²) >= 11 is 0. The molecule has 1 aliphatic carbocycles. The molecule has 2 aromatic carbocycles. The maximum Gasteiger partial charge on any atom is 0.319 e. The van der Waals surface area contributed by atoms with Crippen LogP contribution in [0.2, 0.25) is 0 Å². The number of carbonyl (C=O) groups is 1. The second-order valence-corrected chi connectivity index (χ2v) is 5.13. The lowest BCUT2D eigenvalue weighted by Crippen LogP contribution is -2.28. The van der Waals surface area contributed by atoms with Gasteiger partial charge in [0.2, 0.25) is 0 Å². The monoisotopic (exact) mass is 266 g/mol. The molecule has 20 heavy (non-hydrogen) atoms. The van der Waals surface area contributed by atoms with Crippen molar-refractivity contribution in [1.29, 1.82) is 0 Å². The summed E-state index contributed by atoms with van der Waals surface area (Å²) < 4.78 is 0. The number of hydrogen-bond donors (Lipinski definition) is 2. The second kappa shape index (κ2) is 5.78. The van der Waals surface area contributed by atoms with E-state index in [0.717, 1.165) is 24.1 Å². The standard InChI is InChI=1S/C17H18N2O/c20-17(18-12-13-5-2-1-3-6-13)19-16-10-9-14-7-4-8-15(14)11-16/h1-3,5-6,9-11H,4,7-8,12H2,(H2,18,19,20). The van der Waals surface area contributed by atoms with Gasteiger partial charge in [0.15, 0.2) is 0 Å². The van der Waals surface area contributed by atoms with E-state index in [1.165, 1.54) is 17.5 Å². The third kappa shape index (κ3) is 2.99. The Bertz CT molecular complexity index is 608. The normalized spacial score (nSPS) is 12.8. The van der Waals surface area contributed by atoms with E-state index < -0.39 is 0 Å². The van der Waals surface area contributed by atoms with Crippen LogP contribution in [0, 0.1) is 0 Å². The van der Waals surface area contributed by atoms with Gasteiger partial charge in [0.1, 0.15) is 0 Å². The number of urea groups is 1. The number of rotatable bonds is 3. The first-order valence-electron chi connectivity index (χ1n) is 7.02. The fraction of sp³-hybridized carbons (Fsp3) is 0.235. The van der Waals surface area contributed by atoms with Crippen molar-refractivity contribution in [1.82, 2.24) is 5.32 Å². The van der Waals surface area contributed by atoms with Gasteiger partial charge < -0.3 is 10.6 Å². The average molecular weight is 266 g/mol. The van der Waals surface area contributed by atoms with Crippen LogP contribution >= 0.6 is 0 Å². The Kier molecular flexibility index (Phi) is 3.68. The fourth-order valence-corrected chi connectivity index (χ4v) is 2.60. The van der Waals surface area contributed by atoms with Crippen LogP contribution in [0.25, 0.3) is 0 Å². The zero-order chi connectivity index (χ0) is 13.8. The first-order valence-corrected chi connectivity index (χ1v) is 7.02. The molecule has 0 heterocycles. The smallest absolute Gasteiger partial charge is 0.319 e. The van der Waals surface area contributed by atoms with Gasteiger partial charge in [-0.1, -0.05) is 36.4 Å². The second-order valence-electron chi connectivity index (χ2n) is 5.13. The van der Waals surface area contributed by atoms with Gasteiger partial charge in [-0.15, -0.1) is 0 Å². The van der Waals surface area contributed by atoms with Crippen molar-refractivity contribution in [2.45, 2.75) is 25.8 Å².